The van der Waals surface area contributed by atoms with Gasteiger partial charge in [-0.2, -0.15) is 5.10 Å². The van der Waals surface area contributed by atoms with E-state index < -0.39 is 0 Å². The first kappa shape index (κ1) is 11.1. The zero-order chi connectivity index (χ0) is 11.8. The van der Waals surface area contributed by atoms with Crippen LogP contribution in [0, 0.1) is 0 Å². The van der Waals surface area contributed by atoms with Gasteiger partial charge in [-0.05, 0) is 18.7 Å². The van der Waals surface area contributed by atoms with E-state index in [1.165, 1.54) is 0 Å². The third-order valence-corrected chi connectivity index (χ3v) is 2.60. The van der Waals surface area contributed by atoms with Crippen LogP contribution in [0.2, 0.25) is 0 Å². The van der Waals surface area contributed by atoms with Gasteiger partial charge in [-0.15, -0.1) is 0 Å². The van der Waals surface area contributed by atoms with E-state index in [1.54, 1.807) is 0 Å². The maximum absolute atomic E-state index is 5.57. The number of hydrogen-bond donors (Lipinski definition) is 1. The van der Waals surface area contributed by atoms with E-state index >= 15 is 0 Å². The molecule has 0 saturated heterocycles. The molecule has 0 fully saturated rings. The molecule has 0 bridgehead atoms. The minimum Gasteiger partial charge on any atom is -0.330 e. The van der Waals surface area contributed by atoms with Crippen LogP contribution in [0.4, 0.5) is 0 Å². The summed E-state index contributed by atoms with van der Waals surface area (Å²) in [6.07, 6.45) is 2.66. The van der Waals surface area contributed by atoms with Crippen molar-refractivity contribution in [1.29, 1.82) is 0 Å². The van der Waals surface area contributed by atoms with Crippen LogP contribution < -0.4 is 5.73 Å². The molecule has 0 radical (unpaired) electrons. The van der Waals surface area contributed by atoms with Crippen LogP contribution in [0.15, 0.2) is 18.3 Å². The first-order valence-electron chi connectivity index (χ1n) is 5.56. The molecule has 0 atom stereocenters. The highest BCUT2D eigenvalue weighted by Gasteiger charge is 2.16. The number of nitrogens with zero attached hydrogens (tertiary/aromatic N) is 3. The maximum atomic E-state index is 5.57. The molecule has 0 aliphatic carbocycles. The van der Waals surface area contributed by atoms with Crippen LogP contribution in [0.25, 0.3) is 5.65 Å². The lowest BCUT2D eigenvalue weighted by molar-refractivity contribution is 0.552. The van der Waals surface area contributed by atoms with Crippen molar-refractivity contribution in [1.82, 2.24) is 14.6 Å². The Morgan fingerprint density at radius 2 is 2.06 bits per heavy atom. The Bertz CT molecular complexity index is 493. The zero-order valence-electron chi connectivity index (χ0n) is 10.1. The number of fused-ring (bicyclic) bond motifs is 1. The van der Waals surface area contributed by atoms with Crippen molar-refractivity contribution in [3.05, 3.63) is 29.7 Å². The second kappa shape index (κ2) is 3.87. The molecule has 2 aromatic rings. The summed E-state index contributed by atoms with van der Waals surface area (Å²) >= 11 is 0. The highest BCUT2D eigenvalue weighted by Crippen LogP contribution is 2.20. The molecular formula is C12H18N4. The molecule has 2 rings (SSSR count). The van der Waals surface area contributed by atoms with E-state index in [2.05, 4.69) is 30.9 Å². The fourth-order valence-electron chi connectivity index (χ4n) is 1.64. The second-order valence-electron chi connectivity index (χ2n) is 5.03. The summed E-state index contributed by atoms with van der Waals surface area (Å²) in [7, 11) is 0. The molecule has 2 aromatic heterocycles. The van der Waals surface area contributed by atoms with Crippen LogP contribution in [0.3, 0.4) is 0 Å². The largest absolute Gasteiger partial charge is 0.330 e. The first-order chi connectivity index (χ1) is 7.52. The van der Waals surface area contributed by atoms with Crippen LogP contribution in [0.5, 0.6) is 0 Å². The van der Waals surface area contributed by atoms with Gasteiger partial charge >= 0.3 is 0 Å². The summed E-state index contributed by atoms with van der Waals surface area (Å²) in [4.78, 5) is 4.31. The van der Waals surface area contributed by atoms with E-state index in [0.717, 1.165) is 23.5 Å². The number of aromatic nitrogens is 3. The quantitative estimate of drug-likeness (QED) is 0.831. The topological polar surface area (TPSA) is 56.2 Å². The van der Waals surface area contributed by atoms with Crippen molar-refractivity contribution >= 4 is 5.65 Å². The predicted octanol–water partition coefficient (Wildman–Crippen LogP) is 1.53. The number of rotatable bonds is 2. The lowest BCUT2D eigenvalue weighted by Crippen LogP contribution is -2.16. The van der Waals surface area contributed by atoms with Crippen molar-refractivity contribution in [2.75, 3.05) is 6.54 Å². The smallest absolute Gasteiger partial charge is 0.153 e. The first-order valence-corrected chi connectivity index (χ1v) is 5.56. The molecule has 0 aliphatic heterocycles. The van der Waals surface area contributed by atoms with Crippen molar-refractivity contribution in [3.8, 4) is 0 Å². The van der Waals surface area contributed by atoms with Crippen LogP contribution >= 0.6 is 0 Å². The Balaban J connectivity index is 2.54. The molecule has 2 N–H and O–H groups in total. The number of hydrogen-bond acceptors (Lipinski definition) is 3. The van der Waals surface area contributed by atoms with Gasteiger partial charge in [0.15, 0.2) is 5.65 Å². The SMILES string of the molecule is CC(C)(C)c1ccc2ncc(CCN)n2n1. The minimum absolute atomic E-state index is 0.0540. The number of nitrogens with two attached hydrogens (primary N) is 1. The van der Waals surface area contributed by atoms with E-state index in [-0.39, 0.29) is 5.41 Å². The fraction of sp³-hybridized carbons (Fsp3) is 0.500. The lowest BCUT2D eigenvalue weighted by Gasteiger charge is -2.17. The molecule has 4 heteroatoms. The van der Waals surface area contributed by atoms with Gasteiger partial charge < -0.3 is 5.73 Å². The lowest BCUT2D eigenvalue weighted by atomic mass is 9.92. The van der Waals surface area contributed by atoms with E-state index in [1.807, 2.05) is 22.8 Å². The van der Waals surface area contributed by atoms with E-state index in [4.69, 9.17) is 5.73 Å². The molecule has 4 nitrogen and oxygen atoms in total. The molecule has 0 unspecified atom stereocenters. The second-order valence-corrected chi connectivity index (χ2v) is 5.03. The van der Waals surface area contributed by atoms with Crippen molar-refractivity contribution in [2.45, 2.75) is 32.6 Å². The van der Waals surface area contributed by atoms with Gasteiger partial charge in [-0.3, -0.25) is 0 Å². The Hall–Kier alpha value is -1.42. The third-order valence-electron chi connectivity index (χ3n) is 2.60. The Kier molecular flexibility index (Phi) is 2.68. The Morgan fingerprint density at radius 3 is 2.69 bits per heavy atom. The highest BCUT2D eigenvalue weighted by atomic mass is 15.3. The summed E-state index contributed by atoms with van der Waals surface area (Å²) in [5, 5.41) is 4.62. The fourth-order valence-corrected chi connectivity index (χ4v) is 1.64. The zero-order valence-corrected chi connectivity index (χ0v) is 10.1. The Labute approximate surface area is 95.5 Å². The summed E-state index contributed by atoms with van der Waals surface area (Å²) < 4.78 is 1.90. The third kappa shape index (κ3) is 1.93. The highest BCUT2D eigenvalue weighted by molar-refractivity contribution is 5.39. The van der Waals surface area contributed by atoms with Gasteiger partial charge in [-0.25, -0.2) is 9.50 Å². The van der Waals surface area contributed by atoms with Gasteiger partial charge in [0.05, 0.1) is 17.6 Å². The molecule has 2 heterocycles. The van der Waals surface area contributed by atoms with E-state index in [9.17, 15) is 0 Å². The average molecular weight is 218 g/mol. The summed E-state index contributed by atoms with van der Waals surface area (Å²) in [5.41, 5.74) is 8.64. The number of imidazole rings is 1. The normalized spacial score (nSPS) is 12.2. The summed E-state index contributed by atoms with van der Waals surface area (Å²) in [6.45, 7) is 7.08. The average Bonchev–Trinajstić information content (AvgIpc) is 2.60. The monoisotopic (exact) mass is 218 g/mol. The molecule has 0 saturated carbocycles. The van der Waals surface area contributed by atoms with Crippen LogP contribution in [-0.4, -0.2) is 21.1 Å². The minimum atomic E-state index is 0.0540. The Morgan fingerprint density at radius 1 is 1.31 bits per heavy atom. The van der Waals surface area contributed by atoms with Gasteiger partial charge in [0, 0.05) is 11.8 Å². The predicted molar refractivity (Wildman–Crippen MR) is 64.4 cm³/mol. The van der Waals surface area contributed by atoms with Crippen LogP contribution in [-0.2, 0) is 11.8 Å². The standard InChI is InChI=1S/C12H18N4/c1-12(2,3)10-4-5-11-14-8-9(6-7-13)16(11)15-10/h4-5,8H,6-7,13H2,1-3H3. The van der Waals surface area contributed by atoms with Crippen molar-refractivity contribution in [2.24, 2.45) is 5.73 Å². The summed E-state index contributed by atoms with van der Waals surface area (Å²) in [5.74, 6) is 0. The summed E-state index contributed by atoms with van der Waals surface area (Å²) in [6, 6.07) is 4.04. The van der Waals surface area contributed by atoms with Gasteiger partial charge in [0.2, 0.25) is 0 Å². The molecule has 0 aromatic carbocycles. The molecule has 16 heavy (non-hydrogen) atoms. The van der Waals surface area contributed by atoms with Gasteiger partial charge in [0.1, 0.15) is 0 Å². The van der Waals surface area contributed by atoms with E-state index in [0.29, 0.717) is 6.54 Å². The maximum Gasteiger partial charge on any atom is 0.153 e. The van der Waals surface area contributed by atoms with Crippen molar-refractivity contribution < 1.29 is 0 Å². The van der Waals surface area contributed by atoms with Gasteiger partial charge in [-0.1, -0.05) is 20.8 Å². The van der Waals surface area contributed by atoms with Gasteiger partial charge in [0.25, 0.3) is 0 Å². The molecule has 0 aliphatic rings. The molecule has 0 spiro atoms. The molecule has 0 amide bonds. The molecule has 86 valence electrons. The van der Waals surface area contributed by atoms with Crippen LogP contribution in [0.1, 0.15) is 32.2 Å². The van der Waals surface area contributed by atoms with Crippen molar-refractivity contribution in [3.63, 3.8) is 0 Å². The molecular weight excluding hydrogens is 200 g/mol.